The van der Waals surface area contributed by atoms with Crippen LogP contribution in [0.3, 0.4) is 0 Å². The van der Waals surface area contributed by atoms with Gasteiger partial charge < -0.3 is 5.32 Å². The van der Waals surface area contributed by atoms with Crippen LogP contribution < -0.4 is 5.32 Å². The number of nitrogens with one attached hydrogen (secondary N) is 1. The third-order valence-electron chi connectivity index (χ3n) is 6.05. The van der Waals surface area contributed by atoms with Crippen molar-refractivity contribution in [3.8, 4) is 11.3 Å². The Hall–Kier alpha value is -2.54. The van der Waals surface area contributed by atoms with Crippen LogP contribution in [-0.2, 0) is 14.4 Å². The number of anilines is 1. The summed E-state index contributed by atoms with van der Waals surface area (Å²) in [5, 5.41) is 5.23. The fourth-order valence-electron chi connectivity index (χ4n) is 4.21. The summed E-state index contributed by atoms with van der Waals surface area (Å²) in [4.78, 5) is 43.1. The van der Waals surface area contributed by atoms with Crippen LogP contribution in [0.2, 0.25) is 0 Å². The summed E-state index contributed by atoms with van der Waals surface area (Å²) in [5.74, 6) is -0.767. The molecule has 2 unspecified atom stereocenters. The van der Waals surface area contributed by atoms with Gasteiger partial charge in [0.05, 0.1) is 17.5 Å². The van der Waals surface area contributed by atoms with E-state index in [1.54, 1.807) is 0 Å². The number of fused-ring (bicyclic) bond motifs is 1. The number of rotatable bonds is 5. The second-order valence-corrected chi connectivity index (χ2v) is 8.82. The number of hydrogen-bond donors (Lipinski definition) is 1. The molecule has 1 saturated heterocycles. The monoisotopic (exact) mass is 411 g/mol. The molecule has 2 atom stereocenters. The lowest BCUT2D eigenvalue weighted by molar-refractivity contribution is -0.140. The Morgan fingerprint density at radius 3 is 2.48 bits per heavy atom. The summed E-state index contributed by atoms with van der Waals surface area (Å²) in [7, 11) is 0. The van der Waals surface area contributed by atoms with Crippen molar-refractivity contribution in [2.75, 3.05) is 11.9 Å². The Morgan fingerprint density at radius 2 is 1.83 bits per heavy atom. The standard InChI is InChI=1S/C22H25N3O3S/c1-13-7-8-15(11-14(13)2)18-12-29-22(23-18)24-19(26)9-10-25-20(27)16-5-3-4-6-17(16)21(25)28/h7-8,11-12,16-17H,3-6,9-10H2,1-2H3,(H,23,24,26). The molecule has 0 radical (unpaired) electrons. The number of aryl methyl sites for hydroxylation is 2. The highest BCUT2D eigenvalue weighted by Gasteiger charge is 2.47. The molecule has 2 heterocycles. The van der Waals surface area contributed by atoms with Crippen molar-refractivity contribution in [2.24, 2.45) is 11.8 Å². The number of imide groups is 1. The first-order chi connectivity index (χ1) is 13.9. The van der Waals surface area contributed by atoms with Gasteiger partial charge in [-0.3, -0.25) is 19.3 Å². The zero-order valence-electron chi connectivity index (χ0n) is 16.7. The molecule has 1 aliphatic heterocycles. The van der Waals surface area contributed by atoms with Gasteiger partial charge in [-0.2, -0.15) is 0 Å². The number of benzene rings is 1. The maximum Gasteiger partial charge on any atom is 0.233 e. The highest BCUT2D eigenvalue weighted by Crippen LogP contribution is 2.38. The highest BCUT2D eigenvalue weighted by atomic mass is 32.1. The maximum atomic E-state index is 12.5. The van der Waals surface area contributed by atoms with Gasteiger partial charge in [-0.05, 0) is 43.9 Å². The van der Waals surface area contributed by atoms with Crippen molar-refractivity contribution < 1.29 is 14.4 Å². The molecular formula is C22H25N3O3S. The van der Waals surface area contributed by atoms with Crippen molar-refractivity contribution in [1.82, 2.24) is 9.88 Å². The highest BCUT2D eigenvalue weighted by molar-refractivity contribution is 7.14. The molecule has 0 spiro atoms. The zero-order chi connectivity index (χ0) is 20.5. The van der Waals surface area contributed by atoms with Crippen molar-refractivity contribution >= 4 is 34.2 Å². The molecule has 7 heteroatoms. The number of nitrogens with zero attached hydrogens (tertiary/aromatic N) is 2. The molecule has 29 heavy (non-hydrogen) atoms. The Morgan fingerprint density at radius 1 is 1.14 bits per heavy atom. The number of likely N-dealkylation sites (tertiary alicyclic amines) is 1. The van der Waals surface area contributed by atoms with E-state index in [0.717, 1.165) is 36.9 Å². The molecule has 3 amide bonds. The summed E-state index contributed by atoms with van der Waals surface area (Å²) in [5.41, 5.74) is 4.26. The number of aromatic nitrogens is 1. The van der Waals surface area contributed by atoms with Crippen LogP contribution in [-0.4, -0.2) is 34.2 Å². The van der Waals surface area contributed by atoms with Gasteiger partial charge in [0.1, 0.15) is 0 Å². The lowest BCUT2D eigenvalue weighted by Gasteiger charge is -2.19. The van der Waals surface area contributed by atoms with Gasteiger partial charge in [-0.15, -0.1) is 11.3 Å². The first-order valence-electron chi connectivity index (χ1n) is 10.1. The van der Waals surface area contributed by atoms with Crippen molar-refractivity contribution in [2.45, 2.75) is 46.0 Å². The van der Waals surface area contributed by atoms with E-state index in [-0.39, 0.29) is 42.5 Å². The molecule has 1 aliphatic carbocycles. The van der Waals surface area contributed by atoms with Crippen LogP contribution in [0.4, 0.5) is 5.13 Å². The predicted octanol–water partition coefficient (Wildman–Crippen LogP) is 3.93. The minimum Gasteiger partial charge on any atom is -0.302 e. The Labute approximate surface area is 174 Å². The van der Waals surface area contributed by atoms with Gasteiger partial charge in [0.25, 0.3) is 0 Å². The molecule has 1 N–H and O–H groups in total. The average Bonchev–Trinajstić information content (AvgIpc) is 3.26. The fourth-order valence-corrected chi connectivity index (χ4v) is 4.95. The lowest BCUT2D eigenvalue weighted by atomic mass is 9.81. The molecule has 1 saturated carbocycles. The predicted molar refractivity (Wildman–Crippen MR) is 112 cm³/mol. The van der Waals surface area contributed by atoms with E-state index in [1.165, 1.54) is 27.4 Å². The summed E-state index contributed by atoms with van der Waals surface area (Å²) in [6, 6.07) is 6.16. The molecule has 0 bridgehead atoms. The normalized spacial score (nSPS) is 21.4. The maximum absolute atomic E-state index is 12.5. The molecule has 2 fully saturated rings. The van der Waals surface area contributed by atoms with Crippen LogP contribution in [0.1, 0.15) is 43.2 Å². The number of hydrogen-bond acceptors (Lipinski definition) is 5. The quantitative estimate of drug-likeness (QED) is 0.756. The molecule has 2 aromatic rings. The van der Waals surface area contributed by atoms with Crippen molar-refractivity contribution in [3.05, 3.63) is 34.7 Å². The minimum atomic E-state index is -0.235. The summed E-state index contributed by atoms with van der Waals surface area (Å²) in [6.45, 7) is 4.27. The van der Waals surface area contributed by atoms with Crippen LogP contribution in [0.15, 0.2) is 23.6 Å². The summed E-state index contributed by atoms with van der Waals surface area (Å²) >= 11 is 1.37. The lowest BCUT2D eigenvalue weighted by Crippen LogP contribution is -2.34. The van der Waals surface area contributed by atoms with Crippen LogP contribution in [0.25, 0.3) is 11.3 Å². The first kappa shape index (κ1) is 19.8. The average molecular weight is 412 g/mol. The molecule has 2 aliphatic rings. The topological polar surface area (TPSA) is 79.4 Å². The Bertz CT molecular complexity index is 944. The minimum absolute atomic E-state index is 0.0927. The van der Waals surface area contributed by atoms with Crippen LogP contribution >= 0.6 is 11.3 Å². The molecule has 1 aromatic heterocycles. The first-order valence-corrected chi connectivity index (χ1v) is 11.0. The van der Waals surface area contributed by atoms with Gasteiger partial charge in [0.15, 0.2) is 5.13 Å². The zero-order valence-corrected chi connectivity index (χ0v) is 17.6. The summed E-state index contributed by atoms with van der Waals surface area (Å²) in [6.07, 6.45) is 3.68. The van der Waals surface area contributed by atoms with Gasteiger partial charge >= 0.3 is 0 Å². The van der Waals surface area contributed by atoms with E-state index >= 15 is 0 Å². The van der Waals surface area contributed by atoms with Gasteiger partial charge in [-0.25, -0.2) is 4.98 Å². The van der Waals surface area contributed by atoms with Gasteiger partial charge in [0, 0.05) is 23.9 Å². The Kier molecular flexibility index (Phi) is 5.50. The van der Waals surface area contributed by atoms with Crippen molar-refractivity contribution in [3.63, 3.8) is 0 Å². The number of thiazole rings is 1. The molecule has 152 valence electrons. The second kappa shape index (κ2) is 8.06. The number of carbonyl (C=O) groups is 3. The fraction of sp³-hybridized carbons (Fsp3) is 0.455. The van der Waals surface area contributed by atoms with E-state index in [9.17, 15) is 14.4 Å². The van der Waals surface area contributed by atoms with Gasteiger partial charge in [0.2, 0.25) is 17.7 Å². The van der Waals surface area contributed by atoms with Crippen LogP contribution in [0.5, 0.6) is 0 Å². The third-order valence-corrected chi connectivity index (χ3v) is 6.81. The Balaban J connectivity index is 1.34. The SMILES string of the molecule is Cc1ccc(-c2csc(NC(=O)CCN3C(=O)C4CCCCC4C3=O)n2)cc1C. The van der Waals surface area contributed by atoms with E-state index in [0.29, 0.717) is 5.13 Å². The third kappa shape index (κ3) is 3.96. The van der Waals surface area contributed by atoms with Crippen molar-refractivity contribution in [1.29, 1.82) is 0 Å². The smallest absolute Gasteiger partial charge is 0.233 e. The summed E-state index contributed by atoms with van der Waals surface area (Å²) < 4.78 is 0. The van der Waals surface area contributed by atoms with E-state index in [2.05, 4.69) is 36.3 Å². The van der Waals surface area contributed by atoms with E-state index in [1.807, 2.05) is 11.4 Å². The van der Waals surface area contributed by atoms with Gasteiger partial charge in [-0.1, -0.05) is 25.0 Å². The molecule has 1 aromatic carbocycles. The number of carbonyl (C=O) groups excluding carboxylic acids is 3. The van der Waals surface area contributed by atoms with E-state index < -0.39 is 0 Å². The molecular weight excluding hydrogens is 386 g/mol. The van der Waals surface area contributed by atoms with E-state index in [4.69, 9.17) is 0 Å². The molecule has 6 nitrogen and oxygen atoms in total. The molecule has 4 rings (SSSR count). The largest absolute Gasteiger partial charge is 0.302 e. The second-order valence-electron chi connectivity index (χ2n) is 7.96. The van der Waals surface area contributed by atoms with Crippen LogP contribution in [0, 0.1) is 25.7 Å². The number of amides is 3.